The van der Waals surface area contributed by atoms with Gasteiger partial charge in [0.15, 0.2) is 0 Å². The molecule has 2 fully saturated rings. The highest BCUT2D eigenvalue weighted by atomic mass is 16.2. The minimum Gasteiger partial charge on any atom is -0.329 e. The van der Waals surface area contributed by atoms with Crippen LogP contribution in [0.25, 0.3) is 0 Å². The van der Waals surface area contributed by atoms with E-state index in [0.717, 1.165) is 32.1 Å². The molecular formula is C16H28N4O3. The van der Waals surface area contributed by atoms with Crippen LogP contribution in [-0.2, 0) is 14.4 Å². The Morgan fingerprint density at radius 2 is 1.78 bits per heavy atom. The Labute approximate surface area is 137 Å². The third-order valence-electron chi connectivity index (χ3n) is 4.24. The van der Waals surface area contributed by atoms with Crippen LogP contribution in [0.2, 0.25) is 0 Å². The first-order valence-corrected chi connectivity index (χ1v) is 8.58. The second-order valence-electron chi connectivity index (χ2n) is 6.57. The van der Waals surface area contributed by atoms with Crippen molar-refractivity contribution in [2.24, 2.45) is 0 Å². The van der Waals surface area contributed by atoms with Gasteiger partial charge in [-0.25, -0.2) is 0 Å². The molecule has 3 N–H and O–H groups in total. The molecule has 0 aromatic heterocycles. The largest absolute Gasteiger partial charge is 0.329 e. The summed E-state index contributed by atoms with van der Waals surface area (Å²) in [6, 6.07) is 0.846. The Hall–Kier alpha value is -1.47. The van der Waals surface area contributed by atoms with E-state index >= 15 is 0 Å². The lowest BCUT2D eigenvalue weighted by Gasteiger charge is -2.22. The lowest BCUT2D eigenvalue weighted by molar-refractivity contribution is -0.138. The van der Waals surface area contributed by atoms with Crippen molar-refractivity contribution < 1.29 is 14.4 Å². The molecule has 0 saturated heterocycles. The molecule has 0 heterocycles. The van der Waals surface area contributed by atoms with Crippen molar-refractivity contribution in [1.29, 1.82) is 0 Å². The summed E-state index contributed by atoms with van der Waals surface area (Å²) in [5.74, 6) is -0.818. The summed E-state index contributed by atoms with van der Waals surface area (Å²) in [6.07, 6.45) is 5.03. The number of carbonyl (C=O) groups is 3. The number of hydrogen-bond donors (Lipinski definition) is 3. The maximum Gasteiger partial charge on any atom is 0.246 e. The van der Waals surface area contributed by atoms with Gasteiger partial charge in [0.1, 0.15) is 6.54 Å². The average molecular weight is 324 g/mol. The predicted octanol–water partition coefficient (Wildman–Crippen LogP) is -0.240. The van der Waals surface area contributed by atoms with Gasteiger partial charge in [-0.1, -0.05) is 6.92 Å². The number of rotatable bonds is 10. The van der Waals surface area contributed by atoms with Crippen LogP contribution in [0.1, 0.15) is 46.0 Å². The van der Waals surface area contributed by atoms with E-state index in [4.69, 9.17) is 0 Å². The Bertz CT molecular complexity index is 447. The first kappa shape index (κ1) is 17.9. The molecule has 130 valence electrons. The number of hydrogen-bond acceptors (Lipinski definition) is 5. The maximum atomic E-state index is 12.2. The van der Waals surface area contributed by atoms with Crippen LogP contribution in [0.15, 0.2) is 0 Å². The summed E-state index contributed by atoms with van der Waals surface area (Å²) in [6.45, 7) is 4.36. The highest BCUT2D eigenvalue weighted by molar-refractivity contribution is 5.98. The van der Waals surface area contributed by atoms with E-state index in [9.17, 15) is 14.4 Å². The van der Waals surface area contributed by atoms with Gasteiger partial charge in [-0.3, -0.25) is 19.7 Å². The molecule has 23 heavy (non-hydrogen) atoms. The van der Waals surface area contributed by atoms with Gasteiger partial charge in [0.05, 0.1) is 13.1 Å². The van der Waals surface area contributed by atoms with Gasteiger partial charge in [-0.2, -0.15) is 0 Å². The summed E-state index contributed by atoms with van der Waals surface area (Å²) in [4.78, 5) is 37.5. The monoisotopic (exact) mass is 324 g/mol. The molecule has 7 heteroatoms. The summed E-state index contributed by atoms with van der Waals surface area (Å²) in [7, 11) is 0. The molecule has 7 nitrogen and oxygen atoms in total. The van der Waals surface area contributed by atoms with E-state index in [-0.39, 0.29) is 43.5 Å². The molecule has 2 saturated carbocycles. The molecule has 0 bridgehead atoms. The molecular weight excluding hydrogens is 296 g/mol. The quantitative estimate of drug-likeness (QED) is 0.516. The molecule has 2 rings (SSSR count). The minimum absolute atomic E-state index is 0.0368. The smallest absolute Gasteiger partial charge is 0.246 e. The van der Waals surface area contributed by atoms with Crippen molar-refractivity contribution in [2.45, 2.75) is 64.1 Å². The Balaban J connectivity index is 1.71. The minimum atomic E-state index is -0.410. The van der Waals surface area contributed by atoms with Gasteiger partial charge < -0.3 is 15.5 Å². The van der Waals surface area contributed by atoms with Crippen molar-refractivity contribution in [2.75, 3.05) is 19.6 Å². The van der Waals surface area contributed by atoms with Crippen LogP contribution in [0.5, 0.6) is 0 Å². The normalized spacial score (nSPS) is 18.3. The van der Waals surface area contributed by atoms with Crippen molar-refractivity contribution in [1.82, 2.24) is 20.9 Å². The Kier molecular flexibility index (Phi) is 6.53. The van der Waals surface area contributed by atoms with Crippen molar-refractivity contribution in [3.63, 3.8) is 0 Å². The van der Waals surface area contributed by atoms with Crippen molar-refractivity contribution >= 4 is 17.7 Å². The van der Waals surface area contributed by atoms with Gasteiger partial charge >= 0.3 is 0 Å². The predicted molar refractivity (Wildman–Crippen MR) is 86.7 cm³/mol. The van der Waals surface area contributed by atoms with E-state index in [1.54, 1.807) is 4.90 Å². The standard InChI is InChI=1S/C16H28N4O3/c1-3-11(2)17-8-14(21)19-15(22)10-20(13-6-7-13)16(23)9-18-12-4-5-12/h11-13,17-18H,3-10H2,1-2H3,(H,19,21,22). The van der Waals surface area contributed by atoms with E-state index in [1.165, 1.54) is 0 Å². The third-order valence-corrected chi connectivity index (χ3v) is 4.24. The highest BCUT2D eigenvalue weighted by Gasteiger charge is 2.34. The summed E-state index contributed by atoms with van der Waals surface area (Å²) in [5, 5.41) is 8.56. The number of imide groups is 1. The van der Waals surface area contributed by atoms with Crippen LogP contribution in [0, 0.1) is 0 Å². The maximum absolute atomic E-state index is 12.2. The van der Waals surface area contributed by atoms with Crippen LogP contribution >= 0.6 is 0 Å². The summed E-state index contributed by atoms with van der Waals surface area (Å²) < 4.78 is 0. The van der Waals surface area contributed by atoms with Gasteiger partial charge in [0, 0.05) is 18.1 Å². The fourth-order valence-corrected chi connectivity index (χ4v) is 2.23. The van der Waals surface area contributed by atoms with Crippen LogP contribution in [0.3, 0.4) is 0 Å². The molecule has 1 unspecified atom stereocenters. The zero-order valence-corrected chi connectivity index (χ0v) is 14.1. The van der Waals surface area contributed by atoms with E-state index in [2.05, 4.69) is 16.0 Å². The molecule has 0 aromatic carbocycles. The third kappa shape index (κ3) is 6.66. The lowest BCUT2D eigenvalue weighted by atomic mass is 10.2. The number of nitrogens with zero attached hydrogens (tertiary/aromatic N) is 1. The molecule has 1 atom stereocenters. The van der Waals surface area contributed by atoms with Gasteiger partial charge in [-0.05, 0) is 39.0 Å². The highest BCUT2D eigenvalue weighted by Crippen LogP contribution is 2.26. The van der Waals surface area contributed by atoms with Crippen LogP contribution in [-0.4, -0.2) is 60.4 Å². The summed E-state index contributed by atoms with van der Waals surface area (Å²) >= 11 is 0. The van der Waals surface area contributed by atoms with Gasteiger partial charge in [0.2, 0.25) is 17.7 Å². The van der Waals surface area contributed by atoms with Crippen LogP contribution in [0.4, 0.5) is 0 Å². The fraction of sp³-hybridized carbons (Fsp3) is 0.812. The molecule has 0 radical (unpaired) electrons. The Morgan fingerprint density at radius 3 is 2.35 bits per heavy atom. The Morgan fingerprint density at radius 1 is 1.09 bits per heavy atom. The van der Waals surface area contributed by atoms with Crippen molar-refractivity contribution in [3.05, 3.63) is 0 Å². The second kappa shape index (κ2) is 8.40. The second-order valence-corrected chi connectivity index (χ2v) is 6.57. The lowest BCUT2D eigenvalue weighted by Crippen LogP contribution is -2.48. The van der Waals surface area contributed by atoms with Gasteiger partial charge in [0.25, 0.3) is 0 Å². The van der Waals surface area contributed by atoms with E-state index < -0.39 is 5.91 Å². The first-order chi connectivity index (χ1) is 11.0. The van der Waals surface area contributed by atoms with Crippen LogP contribution < -0.4 is 16.0 Å². The zero-order chi connectivity index (χ0) is 16.8. The topological polar surface area (TPSA) is 90.5 Å². The molecule has 2 aliphatic carbocycles. The van der Waals surface area contributed by atoms with Gasteiger partial charge in [-0.15, -0.1) is 0 Å². The average Bonchev–Trinajstić information content (AvgIpc) is 3.39. The SMILES string of the molecule is CCC(C)NCC(=O)NC(=O)CN(C(=O)CNC1CC1)C1CC1. The molecule has 0 spiro atoms. The molecule has 2 aliphatic rings. The number of amides is 3. The number of nitrogens with one attached hydrogen (secondary N) is 3. The first-order valence-electron chi connectivity index (χ1n) is 8.58. The summed E-state index contributed by atoms with van der Waals surface area (Å²) in [5.41, 5.74) is 0. The number of carbonyl (C=O) groups excluding carboxylic acids is 3. The van der Waals surface area contributed by atoms with E-state index in [1.807, 2.05) is 13.8 Å². The fourth-order valence-electron chi connectivity index (χ4n) is 2.23. The zero-order valence-electron chi connectivity index (χ0n) is 14.1. The molecule has 3 amide bonds. The van der Waals surface area contributed by atoms with E-state index in [0.29, 0.717) is 6.04 Å². The molecule has 0 aliphatic heterocycles. The molecule has 0 aromatic rings. The van der Waals surface area contributed by atoms with Crippen molar-refractivity contribution in [3.8, 4) is 0 Å².